The van der Waals surface area contributed by atoms with Gasteiger partial charge in [-0.05, 0) is 43.4 Å². The number of pyridine rings is 1. The number of piperidine rings is 1. The molecule has 5 nitrogen and oxygen atoms in total. The maximum atomic E-state index is 12.8. The number of carbonyl (C=O) groups is 1. The topological polar surface area (TPSA) is 58.1 Å². The van der Waals surface area contributed by atoms with Gasteiger partial charge in [0.25, 0.3) is 5.91 Å². The van der Waals surface area contributed by atoms with Gasteiger partial charge in [0, 0.05) is 29.7 Å². The quantitative estimate of drug-likeness (QED) is 0.326. The predicted octanol–water partition coefficient (Wildman–Crippen LogP) is 7.18. The van der Waals surface area contributed by atoms with Crippen LogP contribution in [-0.4, -0.2) is 29.0 Å². The molecule has 0 bridgehead atoms. The number of nitrogens with zero attached hydrogens (tertiary/aromatic N) is 3. The van der Waals surface area contributed by atoms with Gasteiger partial charge in [-0.15, -0.1) is 11.3 Å². The van der Waals surface area contributed by atoms with Gasteiger partial charge in [0.1, 0.15) is 5.82 Å². The van der Waals surface area contributed by atoms with Crippen molar-refractivity contribution in [1.82, 2.24) is 9.97 Å². The van der Waals surface area contributed by atoms with E-state index in [0.717, 1.165) is 47.9 Å². The van der Waals surface area contributed by atoms with Crippen LogP contribution in [0.2, 0.25) is 0 Å². The SMILES string of the molecule is CC.Cc1sc(NC(=O)c2ccc(N3CCC(c4ccccc4)CC3)nc2)nc1-c1ccccc1. The first kappa shape index (κ1) is 24.6. The van der Waals surface area contributed by atoms with Crippen LogP contribution in [-0.2, 0) is 0 Å². The summed E-state index contributed by atoms with van der Waals surface area (Å²) in [6.07, 6.45) is 3.88. The summed E-state index contributed by atoms with van der Waals surface area (Å²) in [5.41, 5.74) is 3.91. The predicted molar refractivity (Wildman–Crippen MR) is 146 cm³/mol. The summed E-state index contributed by atoms with van der Waals surface area (Å²) >= 11 is 1.48. The molecule has 0 radical (unpaired) electrons. The van der Waals surface area contributed by atoms with E-state index in [0.29, 0.717) is 16.6 Å². The summed E-state index contributed by atoms with van der Waals surface area (Å²) < 4.78 is 0. The highest BCUT2D eigenvalue weighted by Gasteiger charge is 2.21. The monoisotopic (exact) mass is 484 g/mol. The van der Waals surface area contributed by atoms with Gasteiger partial charge in [0.15, 0.2) is 5.13 Å². The van der Waals surface area contributed by atoms with Crippen molar-refractivity contribution in [1.29, 1.82) is 0 Å². The van der Waals surface area contributed by atoms with E-state index in [1.807, 2.05) is 63.2 Å². The van der Waals surface area contributed by atoms with E-state index in [-0.39, 0.29) is 5.91 Å². The average Bonchev–Trinajstić information content (AvgIpc) is 3.30. The molecule has 1 amide bonds. The van der Waals surface area contributed by atoms with Gasteiger partial charge in [-0.2, -0.15) is 0 Å². The average molecular weight is 485 g/mol. The van der Waals surface area contributed by atoms with Crippen molar-refractivity contribution < 1.29 is 4.79 Å². The van der Waals surface area contributed by atoms with E-state index in [9.17, 15) is 4.79 Å². The lowest BCUT2D eigenvalue weighted by molar-refractivity contribution is 0.102. The summed E-state index contributed by atoms with van der Waals surface area (Å²) in [5.74, 6) is 1.34. The fourth-order valence-corrected chi connectivity index (χ4v) is 5.19. The van der Waals surface area contributed by atoms with Crippen LogP contribution in [0.4, 0.5) is 10.9 Å². The molecule has 4 aromatic rings. The Balaban J connectivity index is 0.00000141. The van der Waals surface area contributed by atoms with Crippen molar-refractivity contribution in [3.63, 3.8) is 0 Å². The summed E-state index contributed by atoms with van der Waals surface area (Å²) in [6.45, 7) is 7.96. The molecule has 6 heteroatoms. The van der Waals surface area contributed by atoms with Crippen molar-refractivity contribution in [3.8, 4) is 11.3 Å². The number of nitrogens with one attached hydrogen (secondary N) is 1. The number of benzene rings is 2. The molecule has 0 saturated carbocycles. The number of aromatic nitrogens is 2. The highest BCUT2D eigenvalue weighted by molar-refractivity contribution is 7.16. The zero-order valence-corrected chi connectivity index (χ0v) is 21.4. The van der Waals surface area contributed by atoms with Crippen molar-refractivity contribution in [2.75, 3.05) is 23.3 Å². The molecule has 0 unspecified atom stereocenters. The minimum atomic E-state index is -0.190. The molecular formula is C29H32N4OS. The van der Waals surface area contributed by atoms with Crippen LogP contribution in [0.3, 0.4) is 0 Å². The summed E-state index contributed by atoms with van der Waals surface area (Å²) in [4.78, 5) is 25.3. The fourth-order valence-electron chi connectivity index (χ4n) is 4.36. The van der Waals surface area contributed by atoms with E-state index in [1.54, 1.807) is 6.20 Å². The second-order valence-corrected chi connectivity index (χ2v) is 9.52. The number of hydrogen-bond acceptors (Lipinski definition) is 5. The van der Waals surface area contributed by atoms with E-state index in [4.69, 9.17) is 0 Å². The van der Waals surface area contributed by atoms with Gasteiger partial charge in [0.05, 0.1) is 11.3 Å². The van der Waals surface area contributed by atoms with Crippen LogP contribution in [0.5, 0.6) is 0 Å². The molecule has 1 saturated heterocycles. The normalized spacial score (nSPS) is 13.6. The summed E-state index contributed by atoms with van der Waals surface area (Å²) in [5, 5.41) is 3.53. The Kier molecular flexibility index (Phi) is 8.27. The molecule has 1 aliphatic rings. The highest BCUT2D eigenvalue weighted by atomic mass is 32.1. The van der Waals surface area contributed by atoms with Gasteiger partial charge >= 0.3 is 0 Å². The van der Waals surface area contributed by atoms with Crippen LogP contribution in [0.15, 0.2) is 79.0 Å². The number of aryl methyl sites for hydroxylation is 1. The number of hydrogen-bond donors (Lipinski definition) is 1. The third-order valence-corrected chi connectivity index (χ3v) is 7.05. The van der Waals surface area contributed by atoms with Crippen LogP contribution >= 0.6 is 11.3 Å². The van der Waals surface area contributed by atoms with Crippen molar-refractivity contribution >= 4 is 28.2 Å². The van der Waals surface area contributed by atoms with Gasteiger partial charge in [-0.25, -0.2) is 9.97 Å². The molecule has 2 aromatic heterocycles. The smallest absolute Gasteiger partial charge is 0.259 e. The number of carbonyl (C=O) groups excluding carboxylic acids is 1. The van der Waals surface area contributed by atoms with Crippen LogP contribution in [0.1, 0.15) is 53.4 Å². The summed E-state index contributed by atoms with van der Waals surface area (Å²) in [6, 6.07) is 24.5. The van der Waals surface area contributed by atoms with Gasteiger partial charge in [-0.1, -0.05) is 74.5 Å². The Morgan fingerprint density at radius 3 is 2.23 bits per heavy atom. The van der Waals surface area contributed by atoms with Crippen LogP contribution in [0.25, 0.3) is 11.3 Å². The van der Waals surface area contributed by atoms with Crippen LogP contribution < -0.4 is 10.2 Å². The van der Waals surface area contributed by atoms with Gasteiger partial charge in [-0.3, -0.25) is 10.1 Å². The Morgan fingerprint density at radius 2 is 1.60 bits per heavy atom. The molecule has 1 fully saturated rings. The Bertz CT molecular complexity index is 1210. The number of thiazole rings is 1. The molecule has 3 heterocycles. The Hall–Kier alpha value is -3.51. The van der Waals surface area contributed by atoms with E-state index in [1.165, 1.54) is 16.9 Å². The number of amides is 1. The lowest BCUT2D eigenvalue weighted by Gasteiger charge is -2.33. The maximum absolute atomic E-state index is 12.8. The zero-order chi connectivity index (χ0) is 24.6. The second-order valence-electron chi connectivity index (χ2n) is 8.32. The number of anilines is 2. The molecule has 2 aromatic carbocycles. The van der Waals surface area contributed by atoms with Crippen molar-refractivity contribution in [3.05, 3.63) is 95.0 Å². The van der Waals surface area contributed by atoms with E-state index >= 15 is 0 Å². The maximum Gasteiger partial charge on any atom is 0.259 e. The third-order valence-electron chi connectivity index (χ3n) is 6.16. The molecule has 35 heavy (non-hydrogen) atoms. The van der Waals surface area contributed by atoms with Crippen molar-refractivity contribution in [2.24, 2.45) is 0 Å². The highest BCUT2D eigenvalue weighted by Crippen LogP contribution is 2.31. The minimum absolute atomic E-state index is 0.190. The summed E-state index contributed by atoms with van der Waals surface area (Å²) in [7, 11) is 0. The third kappa shape index (κ3) is 5.95. The minimum Gasteiger partial charge on any atom is -0.357 e. The molecule has 1 N–H and O–H groups in total. The van der Waals surface area contributed by atoms with E-state index in [2.05, 4.69) is 50.5 Å². The first-order valence-corrected chi connectivity index (χ1v) is 13.1. The van der Waals surface area contributed by atoms with Gasteiger partial charge in [0.2, 0.25) is 0 Å². The lowest BCUT2D eigenvalue weighted by Crippen LogP contribution is -2.33. The van der Waals surface area contributed by atoms with E-state index < -0.39 is 0 Å². The lowest BCUT2D eigenvalue weighted by atomic mass is 9.89. The largest absolute Gasteiger partial charge is 0.357 e. The number of rotatable bonds is 5. The molecule has 5 rings (SSSR count). The molecule has 180 valence electrons. The molecule has 0 aliphatic carbocycles. The zero-order valence-electron chi connectivity index (χ0n) is 20.6. The fraction of sp³-hybridized carbons (Fsp3) is 0.276. The van der Waals surface area contributed by atoms with Gasteiger partial charge < -0.3 is 4.90 Å². The molecule has 0 spiro atoms. The molecular weight excluding hydrogens is 452 g/mol. The first-order chi connectivity index (χ1) is 17.2. The second kappa shape index (κ2) is 11.8. The molecule has 1 aliphatic heterocycles. The Morgan fingerprint density at radius 1 is 0.943 bits per heavy atom. The molecule has 0 atom stereocenters. The standard InChI is InChI=1S/C27H26N4OS.C2H6/c1-19-25(22-10-6-3-7-11-22)29-27(33-19)30-26(32)23-12-13-24(28-18-23)31-16-14-21(15-17-31)20-8-4-2-5-9-20;1-2/h2-13,18,21H,14-17H2,1H3,(H,29,30,32);1-2H3. The van der Waals surface area contributed by atoms with Crippen molar-refractivity contribution in [2.45, 2.75) is 39.5 Å². The van der Waals surface area contributed by atoms with Crippen LogP contribution in [0, 0.1) is 6.92 Å². The Labute approximate surface area is 211 Å². The first-order valence-electron chi connectivity index (χ1n) is 12.3.